The van der Waals surface area contributed by atoms with Crippen molar-refractivity contribution in [3.8, 4) is 11.5 Å². The maximum Gasteiger partial charge on any atom is 0.333 e. The minimum Gasteiger partial charge on any atom is -0.497 e. The van der Waals surface area contributed by atoms with E-state index in [1.165, 1.54) is 0 Å². The third-order valence-corrected chi connectivity index (χ3v) is 9.86. The lowest BCUT2D eigenvalue weighted by Gasteiger charge is -2.33. The van der Waals surface area contributed by atoms with E-state index < -0.39 is 35.2 Å². The van der Waals surface area contributed by atoms with Crippen molar-refractivity contribution < 1.29 is 38.1 Å². The fraction of sp³-hybridized carbons (Fsp3) is 0.160. The fourth-order valence-corrected chi connectivity index (χ4v) is 6.51. The summed E-state index contributed by atoms with van der Waals surface area (Å²) in [4.78, 5) is 56.7. The molecule has 2 unspecified atom stereocenters. The predicted octanol–water partition coefficient (Wildman–Crippen LogP) is 6.56. The highest BCUT2D eigenvalue weighted by Crippen LogP contribution is 2.28. The Balaban J connectivity index is 1.30. The van der Waals surface area contributed by atoms with Gasteiger partial charge in [0.2, 0.25) is 0 Å². The van der Waals surface area contributed by atoms with Crippen molar-refractivity contribution in [2.24, 2.45) is 0 Å². The molecule has 0 bridgehead atoms. The molecule has 0 saturated carbocycles. The quantitative estimate of drug-likeness (QED) is 0.0378. The van der Waals surface area contributed by atoms with E-state index >= 15 is 0 Å². The van der Waals surface area contributed by atoms with Crippen LogP contribution in [-0.2, 0) is 66.3 Å². The number of benzene rings is 6. The molecule has 0 saturated heterocycles. The number of hydrogen-bond donors (Lipinski definition) is 4. The van der Waals surface area contributed by atoms with Gasteiger partial charge in [-0.15, -0.1) is 0 Å². The van der Waals surface area contributed by atoms with Crippen molar-refractivity contribution in [1.82, 2.24) is 21.3 Å². The van der Waals surface area contributed by atoms with E-state index in [2.05, 4.69) is 21.3 Å². The Bertz CT molecular complexity index is 2230. The zero-order chi connectivity index (χ0) is 43.6. The Kier molecular flexibility index (Phi) is 15.4. The zero-order valence-electron chi connectivity index (χ0n) is 34.4. The molecule has 12 nitrogen and oxygen atoms in total. The Labute approximate surface area is 360 Å². The fourth-order valence-electron chi connectivity index (χ4n) is 6.51. The van der Waals surface area contributed by atoms with Gasteiger partial charge in [-0.3, -0.25) is 20.2 Å². The van der Waals surface area contributed by atoms with Crippen LogP contribution in [0.3, 0.4) is 0 Å². The molecule has 6 aromatic carbocycles. The first-order valence-electron chi connectivity index (χ1n) is 19.9. The van der Waals surface area contributed by atoms with Crippen LogP contribution in [-0.4, -0.2) is 38.0 Å². The van der Waals surface area contributed by atoms with Gasteiger partial charge in [0.1, 0.15) is 11.5 Å². The molecule has 62 heavy (non-hydrogen) atoms. The van der Waals surface area contributed by atoms with Crippen molar-refractivity contribution in [2.45, 2.75) is 37.6 Å². The Morgan fingerprint density at radius 3 is 1.05 bits per heavy atom. The summed E-state index contributed by atoms with van der Waals surface area (Å²) in [6.07, 6.45) is 1.72. The lowest BCUT2D eigenvalue weighted by Crippen LogP contribution is -2.57. The van der Waals surface area contributed by atoms with Gasteiger partial charge in [0, 0.05) is 49.5 Å². The van der Waals surface area contributed by atoms with Gasteiger partial charge >= 0.3 is 11.9 Å². The second kappa shape index (κ2) is 21.6. The number of methoxy groups -OCH3 is 2. The topological polar surface area (TPSA) is 153 Å². The molecule has 0 heterocycles. The summed E-state index contributed by atoms with van der Waals surface area (Å²) in [7, 11) is 3.13. The summed E-state index contributed by atoms with van der Waals surface area (Å²) in [5.74, 6) is -2.13. The van der Waals surface area contributed by atoms with Crippen LogP contribution in [0.25, 0.3) is 0 Å². The van der Waals surface area contributed by atoms with E-state index in [0.717, 1.165) is 34.4 Å². The van der Waals surface area contributed by atoms with Gasteiger partial charge in [-0.1, -0.05) is 146 Å². The van der Waals surface area contributed by atoms with Crippen molar-refractivity contribution in [3.63, 3.8) is 0 Å². The number of rotatable bonds is 20. The molecule has 2 amide bonds. The average Bonchev–Trinajstić information content (AvgIpc) is 3.33. The molecular formula is C50H48N4O8. The standard InChI is InChI=1S/C50H48N4O8/c1-59-43-27-23-39(24-28-43)35-53-49(41-19-11-5-12-20-41,47(57)51-33-37-15-7-3-8-16-37)61-45(55)31-32-46(56)62-50(42-21-13-6-14-22-42,48(58)52-34-38-17-9-4-10-18-38)54-36-40-25-29-44(60-2)30-26-40/h3-32,53-54H,33-36H2,1-2H3,(H,51,57)(H,52,58)/b32-31+. The van der Waals surface area contributed by atoms with Crippen molar-refractivity contribution in [1.29, 1.82) is 0 Å². The molecule has 316 valence electrons. The van der Waals surface area contributed by atoms with Crippen LogP contribution < -0.4 is 30.7 Å². The molecule has 12 heteroatoms. The number of hydrogen-bond acceptors (Lipinski definition) is 10. The molecule has 6 rings (SSSR count). The molecule has 0 spiro atoms. The van der Waals surface area contributed by atoms with Gasteiger partial charge in [0.05, 0.1) is 14.2 Å². The van der Waals surface area contributed by atoms with Crippen LogP contribution >= 0.6 is 0 Å². The average molecular weight is 833 g/mol. The molecule has 0 aliphatic heterocycles. The van der Waals surface area contributed by atoms with Crippen LogP contribution in [0.2, 0.25) is 0 Å². The number of carbonyl (C=O) groups excluding carboxylic acids is 4. The van der Waals surface area contributed by atoms with E-state index in [9.17, 15) is 19.2 Å². The molecule has 4 N–H and O–H groups in total. The Hall–Kier alpha value is -7.54. The lowest BCUT2D eigenvalue weighted by molar-refractivity contribution is -0.172. The largest absolute Gasteiger partial charge is 0.497 e. The lowest BCUT2D eigenvalue weighted by atomic mass is 10.00. The van der Waals surface area contributed by atoms with Crippen molar-refractivity contribution >= 4 is 23.8 Å². The maximum atomic E-state index is 14.4. The van der Waals surface area contributed by atoms with Gasteiger partial charge < -0.3 is 29.6 Å². The second-order valence-electron chi connectivity index (χ2n) is 14.0. The van der Waals surface area contributed by atoms with Gasteiger partial charge in [-0.25, -0.2) is 9.59 Å². The van der Waals surface area contributed by atoms with Gasteiger partial charge in [-0.05, 0) is 46.5 Å². The second-order valence-corrected chi connectivity index (χ2v) is 14.0. The van der Waals surface area contributed by atoms with E-state index in [4.69, 9.17) is 18.9 Å². The first kappa shape index (κ1) is 44.0. The summed E-state index contributed by atoms with van der Waals surface area (Å²) >= 11 is 0. The van der Waals surface area contributed by atoms with Crippen LogP contribution in [0.15, 0.2) is 182 Å². The molecule has 6 aromatic rings. The van der Waals surface area contributed by atoms with E-state index in [1.54, 1.807) is 99.1 Å². The molecule has 0 aliphatic rings. The van der Waals surface area contributed by atoms with E-state index in [-0.39, 0.29) is 26.2 Å². The maximum absolute atomic E-state index is 14.4. The Morgan fingerprint density at radius 1 is 0.419 bits per heavy atom. The van der Waals surface area contributed by atoms with Crippen molar-refractivity contribution in [2.75, 3.05) is 14.2 Å². The summed E-state index contributed by atoms with van der Waals surface area (Å²) in [5, 5.41) is 12.2. The SMILES string of the molecule is COc1ccc(CNC(OC(=O)/C=C/C(=O)OC(NCc2ccc(OC)cc2)(C(=O)NCc2ccccc2)c2ccccc2)(C(=O)NCc2ccccc2)c2ccccc2)cc1. The van der Waals surface area contributed by atoms with E-state index in [0.29, 0.717) is 22.6 Å². The highest BCUT2D eigenvalue weighted by Gasteiger charge is 2.45. The first-order valence-corrected chi connectivity index (χ1v) is 19.9. The minimum absolute atomic E-state index is 0.0915. The first-order chi connectivity index (χ1) is 30.2. The molecule has 2 atom stereocenters. The van der Waals surface area contributed by atoms with Gasteiger partial charge in [-0.2, -0.15) is 0 Å². The normalized spacial score (nSPS) is 12.9. The number of ether oxygens (including phenoxy) is 4. The molecule has 0 radical (unpaired) electrons. The molecule has 0 fully saturated rings. The zero-order valence-corrected chi connectivity index (χ0v) is 34.4. The summed E-state index contributed by atoms with van der Waals surface area (Å²) in [6, 6.07) is 50.0. The van der Waals surface area contributed by atoms with Crippen LogP contribution in [0, 0.1) is 0 Å². The smallest absolute Gasteiger partial charge is 0.333 e. The van der Waals surface area contributed by atoms with Crippen LogP contribution in [0.4, 0.5) is 0 Å². The molecular weight excluding hydrogens is 785 g/mol. The van der Waals surface area contributed by atoms with E-state index in [1.807, 2.05) is 84.9 Å². The number of amides is 2. The number of esters is 2. The highest BCUT2D eigenvalue weighted by molar-refractivity contribution is 5.96. The third-order valence-electron chi connectivity index (χ3n) is 9.86. The predicted molar refractivity (Wildman–Crippen MR) is 234 cm³/mol. The summed E-state index contributed by atoms with van der Waals surface area (Å²) in [5.41, 5.74) is -0.333. The summed E-state index contributed by atoms with van der Waals surface area (Å²) < 4.78 is 22.8. The highest BCUT2D eigenvalue weighted by atomic mass is 16.6. The third kappa shape index (κ3) is 11.6. The molecule has 0 aliphatic carbocycles. The Morgan fingerprint density at radius 2 is 0.726 bits per heavy atom. The number of carbonyl (C=O) groups is 4. The number of nitrogens with one attached hydrogen (secondary N) is 4. The monoisotopic (exact) mass is 832 g/mol. The van der Waals surface area contributed by atoms with Crippen molar-refractivity contribution in [3.05, 3.63) is 215 Å². The van der Waals surface area contributed by atoms with Crippen LogP contribution in [0.1, 0.15) is 33.4 Å². The van der Waals surface area contributed by atoms with Gasteiger partial charge in [0.15, 0.2) is 0 Å². The minimum atomic E-state index is -2.08. The van der Waals surface area contributed by atoms with Gasteiger partial charge in [0.25, 0.3) is 23.3 Å². The van der Waals surface area contributed by atoms with Crippen LogP contribution in [0.5, 0.6) is 11.5 Å². The summed E-state index contributed by atoms with van der Waals surface area (Å²) in [6.45, 7) is 0.452. The molecule has 0 aromatic heterocycles.